The van der Waals surface area contributed by atoms with Crippen LogP contribution in [0.3, 0.4) is 0 Å². The number of aromatic nitrogens is 2. The van der Waals surface area contributed by atoms with Crippen LogP contribution in [0.1, 0.15) is 15.9 Å². The number of methoxy groups -OCH3 is 1. The number of carbonyl (C=O) groups is 1. The molecule has 2 heterocycles. The van der Waals surface area contributed by atoms with Crippen LogP contribution in [0.5, 0.6) is 0 Å². The lowest BCUT2D eigenvalue weighted by molar-refractivity contribution is -0.386. The topological polar surface area (TPSA) is 104 Å². The molecule has 0 spiro atoms. The minimum absolute atomic E-state index is 0.0405. The maximum absolute atomic E-state index is 12.4. The summed E-state index contributed by atoms with van der Waals surface area (Å²) >= 11 is 0. The third kappa shape index (κ3) is 3.09. The smallest absolute Gasteiger partial charge is 0.339 e. The average molecular weight is 339 g/mol. The van der Waals surface area contributed by atoms with Crippen molar-refractivity contribution in [2.75, 3.05) is 7.11 Å². The van der Waals surface area contributed by atoms with E-state index in [1.54, 1.807) is 18.3 Å². The number of carbonyl (C=O) groups excluding carboxylic acids is 1. The molecule has 8 heteroatoms. The van der Waals surface area contributed by atoms with Crippen molar-refractivity contribution in [3.63, 3.8) is 0 Å². The zero-order valence-electron chi connectivity index (χ0n) is 13.2. The fourth-order valence-corrected chi connectivity index (χ4v) is 2.58. The number of nitrogens with zero attached hydrogens (tertiary/aromatic N) is 3. The summed E-state index contributed by atoms with van der Waals surface area (Å²) in [5, 5.41) is 12.0. The molecule has 0 radical (unpaired) electrons. The van der Waals surface area contributed by atoms with E-state index in [0.717, 1.165) is 23.1 Å². The van der Waals surface area contributed by atoms with E-state index in [-0.39, 0.29) is 12.1 Å². The molecule has 0 N–H and O–H groups in total. The Hall–Kier alpha value is -3.55. The summed E-state index contributed by atoms with van der Waals surface area (Å²) in [5.74, 6) is -0.757. The largest absolute Gasteiger partial charge is 0.465 e. The molecule has 2 aromatic heterocycles. The van der Waals surface area contributed by atoms with Gasteiger partial charge in [0.1, 0.15) is 0 Å². The minimum Gasteiger partial charge on any atom is -0.465 e. The molecule has 0 aliphatic heterocycles. The van der Waals surface area contributed by atoms with Crippen molar-refractivity contribution in [1.82, 2.24) is 9.55 Å². The van der Waals surface area contributed by atoms with Gasteiger partial charge >= 0.3 is 17.2 Å². The van der Waals surface area contributed by atoms with E-state index < -0.39 is 22.1 Å². The van der Waals surface area contributed by atoms with Crippen molar-refractivity contribution in [2.24, 2.45) is 0 Å². The Labute approximate surface area is 141 Å². The van der Waals surface area contributed by atoms with E-state index in [1.807, 2.05) is 18.2 Å². The maximum atomic E-state index is 12.4. The monoisotopic (exact) mass is 339 g/mol. The van der Waals surface area contributed by atoms with Crippen molar-refractivity contribution in [2.45, 2.75) is 6.54 Å². The Balaban J connectivity index is 2.16. The number of hydrogen-bond acceptors (Lipinski definition) is 6. The average Bonchev–Trinajstić information content (AvgIpc) is 2.62. The zero-order chi connectivity index (χ0) is 18.0. The SMILES string of the molecule is COC(=O)c1cc([N+](=O)[O-])c(=O)n(Cc2cccc3cccnc23)c1. The normalized spacial score (nSPS) is 10.6. The lowest BCUT2D eigenvalue weighted by Gasteiger charge is -2.10. The number of rotatable bonds is 4. The molecule has 0 bridgehead atoms. The first-order valence-electron chi connectivity index (χ1n) is 7.31. The van der Waals surface area contributed by atoms with Gasteiger partial charge in [0.15, 0.2) is 0 Å². The van der Waals surface area contributed by atoms with Crippen molar-refractivity contribution in [1.29, 1.82) is 0 Å². The second-order valence-electron chi connectivity index (χ2n) is 5.29. The Morgan fingerprint density at radius 1 is 1.32 bits per heavy atom. The number of ether oxygens (including phenoxy) is 1. The highest BCUT2D eigenvalue weighted by Crippen LogP contribution is 2.17. The van der Waals surface area contributed by atoms with E-state index >= 15 is 0 Å². The van der Waals surface area contributed by atoms with Crippen LogP contribution in [0.2, 0.25) is 0 Å². The highest BCUT2D eigenvalue weighted by atomic mass is 16.6. The molecule has 0 atom stereocenters. The van der Waals surface area contributed by atoms with Crippen LogP contribution in [0.4, 0.5) is 5.69 Å². The van der Waals surface area contributed by atoms with Gasteiger partial charge in [-0.05, 0) is 11.6 Å². The van der Waals surface area contributed by atoms with Crippen molar-refractivity contribution in [3.8, 4) is 0 Å². The molecule has 0 fully saturated rings. The number of para-hydroxylation sites is 1. The lowest BCUT2D eigenvalue weighted by Crippen LogP contribution is -2.24. The quantitative estimate of drug-likeness (QED) is 0.410. The summed E-state index contributed by atoms with van der Waals surface area (Å²) in [6.45, 7) is 0.0405. The van der Waals surface area contributed by atoms with Crippen LogP contribution >= 0.6 is 0 Å². The van der Waals surface area contributed by atoms with Crippen LogP contribution in [-0.4, -0.2) is 27.6 Å². The first-order valence-corrected chi connectivity index (χ1v) is 7.31. The Bertz CT molecular complexity index is 1040. The summed E-state index contributed by atoms with van der Waals surface area (Å²) in [7, 11) is 1.16. The molecule has 1 aromatic carbocycles. The molecule has 3 aromatic rings. The van der Waals surface area contributed by atoms with E-state index in [1.165, 1.54) is 6.20 Å². The standard InChI is InChI=1S/C17H13N3O5/c1-25-17(22)13-8-14(20(23)24)16(21)19(10-13)9-12-5-2-4-11-6-3-7-18-15(11)12/h2-8,10H,9H2,1H3. The van der Waals surface area contributed by atoms with Crippen LogP contribution in [0.25, 0.3) is 10.9 Å². The van der Waals surface area contributed by atoms with E-state index in [0.29, 0.717) is 11.1 Å². The van der Waals surface area contributed by atoms with Gasteiger partial charge in [-0.25, -0.2) is 4.79 Å². The number of hydrogen-bond donors (Lipinski definition) is 0. The van der Waals surface area contributed by atoms with Crippen LogP contribution in [-0.2, 0) is 11.3 Å². The fourth-order valence-electron chi connectivity index (χ4n) is 2.58. The number of pyridine rings is 2. The first kappa shape index (κ1) is 16.3. The molecule has 0 saturated carbocycles. The summed E-state index contributed by atoms with van der Waals surface area (Å²) in [6, 6.07) is 10.1. The van der Waals surface area contributed by atoms with Crippen molar-refractivity contribution >= 4 is 22.6 Å². The number of esters is 1. The van der Waals surface area contributed by atoms with Crippen LogP contribution in [0.15, 0.2) is 53.6 Å². The molecule has 3 rings (SSSR count). The predicted octanol–water partition coefficient (Wildman–Crippen LogP) is 2.14. The molecular formula is C17H13N3O5. The highest BCUT2D eigenvalue weighted by molar-refractivity contribution is 5.89. The number of nitro groups is 1. The summed E-state index contributed by atoms with van der Waals surface area (Å²) < 4.78 is 5.72. The lowest BCUT2D eigenvalue weighted by atomic mass is 10.1. The Morgan fingerprint density at radius 3 is 2.80 bits per heavy atom. The summed E-state index contributed by atoms with van der Waals surface area (Å²) in [4.78, 5) is 38.7. The maximum Gasteiger partial charge on any atom is 0.339 e. The molecular weight excluding hydrogens is 326 g/mol. The van der Waals surface area contributed by atoms with Gasteiger partial charge in [0.25, 0.3) is 0 Å². The van der Waals surface area contributed by atoms with Crippen LogP contribution in [0, 0.1) is 10.1 Å². The molecule has 0 aliphatic carbocycles. The van der Waals surface area contributed by atoms with Gasteiger partial charge in [-0.1, -0.05) is 24.3 Å². The van der Waals surface area contributed by atoms with E-state index in [9.17, 15) is 19.7 Å². The second kappa shape index (κ2) is 6.52. The summed E-state index contributed by atoms with van der Waals surface area (Å²) in [5.41, 5.74) is -0.164. The molecule has 0 saturated heterocycles. The predicted molar refractivity (Wildman–Crippen MR) is 89.5 cm³/mol. The molecule has 0 unspecified atom stereocenters. The summed E-state index contributed by atoms with van der Waals surface area (Å²) in [6.07, 6.45) is 2.88. The van der Waals surface area contributed by atoms with Gasteiger partial charge in [0.2, 0.25) is 0 Å². The number of fused-ring (bicyclic) bond motifs is 1. The Kier molecular flexibility index (Phi) is 4.25. The van der Waals surface area contributed by atoms with Gasteiger partial charge in [-0.2, -0.15) is 0 Å². The van der Waals surface area contributed by atoms with Gasteiger partial charge < -0.3 is 9.30 Å². The van der Waals surface area contributed by atoms with Crippen molar-refractivity contribution in [3.05, 3.63) is 80.4 Å². The number of benzene rings is 1. The molecule has 0 amide bonds. The minimum atomic E-state index is -0.813. The fraction of sp³-hybridized carbons (Fsp3) is 0.118. The molecule has 126 valence electrons. The third-order valence-electron chi connectivity index (χ3n) is 3.74. The molecule has 0 aliphatic rings. The van der Waals surface area contributed by atoms with Crippen molar-refractivity contribution < 1.29 is 14.5 Å². The molecule has 25 heavy (non-hydrogen) atoms. The zero-order valence-corrected chi connectivity index (χ0v) is 13.2. The van der Waals surface area contributed by atoms with Gasteiger partial charge in [0, 0.05) is 23.8 Å². The highest BCUT2D eigenvalue weighted by Gasteiger charge is 2.20. The van der Waals surface area contributed by atoms with Gasteiger partial charge in [-0.15, -0.1) is 0 Å². The Morgan fingerprint density at radius 2 is 2.08 bits per heavy atom. The van der Waals surface area contributed by atoms with E-state index in [2.05, 4.69) is 9.72 Å². The second-order valence-corrected chi connectivity index (χ2v) is 5.29. The third-order valence-corrected chi connectivity index (χ3v) is 3.74. The van der Waals surface area contributed by atoms with E-state index in [4.69, 9.17) is 0 Å². The van der Waals surface area contributed by atoms with Crippen LogP contribution < -0.4 is 5.56 Å². The first-order chi connectivity index (χ1) is 12.0. The van der Waals surface area contributed by atoms with Gasteiger partial charge in [-0.3, -0.25) is 19.9 Å². The van der Waals surface area contributed by atoms with Gasteiger partial charge in [0.05, 0.1) is 29.7 Å². The molecule has 8 nitrogen and oxygen atoms in total.